The van der Waals surface area contributed by atoms with Gasteiger partial charge in [-0.15, -0.1) is 0 Å². The summed E-state index contributed by atoms with van der Waals surface area (Å²) in [5, 5.41) is 0. The van der Waals surface area contributed by atoms with Crippen LogP contribution in [0, 0.1) is 5.92 Å². The van der Waals surface area contributed by atoms with Gasteiger partial charge in [-0.2, -0.15) is 0 Å². The van der Waals surface area contributed by atoms with Gasteiger partial charge in [0.05, 0.1) is 6.67 Å². The number of alkyl halides is 1. The van der Waals surface area contributed by atoms with E-state index in [2.05, 4.69) is 4.90 Å². The van der Waals surface area contributed by atoms with Crippen molar-refractivity contribution in [3.8, 4) is 0 Å². The van der Waals surface area contributed by atoms with E-state index in [0.29, 0.717) is 0 Å². The van der Waals surface area contributed by atoms with Crippen LogP contribution in [0.25, 0.3) is 0 Å². The predicted octanol–water partition coefficient (Wildman–Crippen LogP) is 0.235. The Bertz CT molecular complexity index is 125. The summed E-state index contributed by atoms with van der Waals surface area (Å²) in [6, 6.07) is 0. The fourth-order valence-electron chi connectivity index (χ4n) is 1.59. The van der Waals surface area contributed by atoms with E-state index in [0.717, 1.165) is 13.1 Å². The normalized spacial score (nSPS) is 42.6. The third kappa shape index (κ3) is 1.30. The van der Waals surface area contributed by atoms with Crippen LogP contribution in [0.1, 0.15) is 6.92 Å². The van der Waals surface area contributed by atoms with Gasteiger partial charge in [-0.1, -0.05) is 0 Å². The average molecular weight is 146 g/mol. The van der Waals surface area contributed by atoms with Gasteiger partial charge in [-0.3, -0.25) is 4.39 Å². The van der Waals surface area contributed by atoms with E-state index < -0.39 is 0 Å². The molecule has 0 saturated carbocycles. The molecule has 2 nitrogen and oxygen atoms in total. The first-order chi connectivity index (χ1) is 4.56. The van der Waals surface area contributed by atoms with Crippen LogP contribution in [0.5, 0.6) is 0 Å². The molecule has 0 bridgehead atoms. The van der Waals surface area contributed by atoms with Crippen molar-refractivity contribution in [3.05, 3.63) is 0 Å². The highest BCUT2D eigenvalue weighted by molar-refractivity contribution is 4.96. The minimum Gasteiger partial charge on any atom is -0.324 e. The van der Waals surface area contributed by atoms with E-state index in [9.17, 15) is 4.39 Å². The van der Waals surface area contributed by atoms with Gasteiger partial charge in [-0.05, 0) is 14.0 Å². The zero-order valence-corrected chi connectivity index (χ0v) is 6.60. The number of hydrogen-bond acceptors (Lipinski definition) is 2. The smallest absolute Gasteiger partial charge is 0.0952 e. The minimum atomic E-state index is -0.316. The fourth-order valence-corrected chi connectivity index (χ4v) is 1.59. The summed E-state index contributed by atoms with van der Waals surface area (Å²) in [7, 11) is 1.97. The van der Waals surface area contributed by atoms with Crippen molar-refractivity contribution >= 4 is 0 Å². The number of likely N-dealkylation sites (N-methyl/N-ethyl adjacent to an activating group) is 1. The van der Waals surface area contributed by atoms with Crippen LogP contribution in [0.15, 0.2) is 0 Å². The molecular weight excluding hydrogens is 131 g/mol. The molecule has 0 amide bonds. The first kappa shape index (κ1) is 7.95. The fraction of sp³-hybridized carbons (Fsp3) is 1.00. The Hall–Kier alpha value is -0.150. The Labute approximate surface area is 61.2 Å². The molecular formula is C7H15FN2. The van der Waals surface area contributed by atoms with Gasteiger partial charge < -0.3 is 10.6 Å². The van der Waals surface area contributed by atoms with Crippen LogP contribution < -0.4 is 5.73 Å². The van der Waals surface area contributed by atoms with Crippen molar-refractivity contribution in [1.82, 2.24) is 4.90 Å². The third-order valence-corrected chi connectivity index (χ3v) is 2.26. The Morgan fingerprint density at radius 3 is 2.60 bits per heavy atom. The number of rotatable bonds is 1. The first-order valence-corrected chi connectivity index (χ1v) is 3.59. The second-order valence-corrected chi connectivity index (χ2v) is 3.55. The number of likely N-dealkylation sites (tertiary alicyclic amines) is 1. The SMILES string of the molecule is CN1CC(CF)[C@](C)(N)C1. The number of nitrogens with two attached hydrogens (primary N) is 1. The van der Waals surface area contributed by atoms with Gasteiger partial charge >= 0.3 is 0 Å². The molecule has 0 aromatic carbocycles. The standard InChI is InChI=1S/C7H15FN2/c1-7(9)5-10(2)4-6(7)3-8/h6H,3-5,9H2,1-2H3/t6?,7-/m1/s1. The Morgan fingerprint density at radius 2 is 2.40 bits per heavy atom. The molecule has 1 aliphatic rings. The van der Waals surface area contributed by atoms with E-state index in [1.165, 1.54) is 0 Å². The quantitative estimate of drug-likeness (QED) is 0.574. The maximum Gasteiger partial charge on any atom is 0.0952 e. The summed E-state index contributed by atoms with van der Waals surface area (Å²) in [6.45, 7) is 3.23. The molecule has 1 saturated heterocycles. The third-order valence-electron chi connectivity index (χ3n) is 2.26. The Morgan fingerprint density at radius 1 is 1.80 bits per heavy atom. The first-order valence-electron chi connectivity index (χ1n) is 3.59. The molecule has 1 aliphatic heterocycles. The highest BCUT2D eigenvalue weighted by Gasteiger charge is 2.37. The van der Waals surface area contributed by atoms with Crippen molar-refractivity contribution < 1.29 is 4.39 Å². The topological polar surface area (TPSA) is 29.3 Å². The molecule has 0 aliphatic carbocycles. The van der Waals surface area contributed by atoms with Crippen molar-refractivity contribution in [2.75, 3.05) is 26.8 Å². The molecule has 1 rings (SSSR count). The monoisotopic (exact) mass is 146 g/mol. The minimum absolute atomic E-state index is 0.0255. The van der Waals surface area contributed by atoms with E-state index in [-0.39, 0.29) is 18.1 Å². The van der Waals surface area contributed by atoms with Crippen LogP contribution in [0.4, 0.5) is 4.39 Å². The number of hydrogen-bond donors (Lipinski definition) is 1. The highest BCUT2D eigenvalue weighted by Crippen LogP contribution is 2.23. The lowest BCUT2D eigenvalue weighted by Gasteiger charge is -2.22. The van der Waals surface area contributed by atoms with Crippen molar-refractivity contribution in [3.63, 3.8) is 0 Å². The van der Waals surface area contributed by atoms with Crippen molar-refractivity contribution in [1.29, 1.82) is 0 Å². The van der Waals surface area contributed by atoms with Gasteiger partial charge in [-0.25, -0.2) is 0 Å². The molecule has 2 N–H and O–H groups in total. The van der Waals surface area contributed by atoms with Crippen molar-refractivity contribution in [2.45, 2.75) is 12.5 Å². The predicted molar refractivity (Wildman–Crippen MR) is 39.6 cm³/mol. The van der Waals surface area contributed by atoms with Crippen molar-refractivity contribution in [2.24, 2.45) is 11.7 Å². The van der Waals surface area contributed by atoms with Gasteiger partial charge in [0.15, 0.2) is 0 Å². The van der Waals surface area contributed by atoms with Crippen LogP contribution in [-0.4, -0.2) is 37.3 Å². The lowest BCUT2D eigenvalue weighted by atomic mass is 9.92. The number of nitrogens with zero attached hydrogens (tertiary/aromatic N) is 1. The summed E-state index contributed by atoms with van der Waals surface area (Å²) >= 11 is 0. The maximum atomic E-state index is 12.3. The van der Waals surface area contributed by atoms with Crippen LogP contribution in [0.2, 0.25) is 0 Å². The zero-order chi connectivity index (χ0) is 7.78. The average Bonchev–Trinajstić information content (AvgIpc) is 2.04. The Balaban J connectivity index is 2.58. The van der Waals surface area contributed by atoms with Gasteiger partial charge in [0.2, 0.25) is 0 Å². The summed E-state index contributed by atoms with van der Waals surface area (Å²) in [5.74, 6) is 0.0255. The van der Waals surface area contributed by atoms with E-state index in [4.69, 9.17) is 5.73 Å². The number of halogens is 1. The molecule has 10 heavy (non-hydrogen) atoms. The van der Waals surface area contributed by atoms with E-state index in [1.54, 1.807) is 0 Å². The Kier molecular flexibility index (Phi) is 1.97. The lowest BCUT2D eigenvalue weighted by Crippen LogP contribution is -2.45. The molecule has 3 heteroatoms. The van der Waals surface area contributed by atoms with E-state index in [1.807, 2.05) is 14.0 Å². The highest BCUT2D eigenvalue weighted by atomic mass is 19.1. The van der Waals surface area contributed by atoms with Gasteiger partial charge in [0.1, 0.15) is 0 Å². The van der Waals surface area contributed by atoms with Gasteiger partial charge in [0.25, 0.3) is 0 Å². The molecule has 0 radical (unpaired) electrons. The summed E-state index contributed by atoms with van der Waals surface area (Å²) in [5.41, 5.74) is 5.53. The molecule has 0 aromatic heterocycles. The summed E-state index contributed by atoms with van der Waals surface area (Å²) < 4.78 is 12.3. The molecule has 1 heterocycles. The van der Waals surface area contributed by atoms with E-state index >= 15 is 0 Å². The van der Waals surface area contributed by atoms with Gasteiger partial charge in [0, 0.05) is 24.5 Å². The molecule has 1 unspecified atom stereocenters. The maximum absolute atomic E-state index is 12.3. The van der Waals surface area contributed by atoms with Crippen LogP contribution >= 0.6 is 0 Å². The molecule has 1 fully saturated rings. The second-order valence-electron chi connectivity index (χ2n) is 3.55. The molecule has 60 valence electrons. The zero-order valence-electron chi connectivity index (χ0n) is 6.60. The summed E-state index contributed by atoms with van der Waals surface area (Å²) in [4.78, 5) is 2.07. The molecule has 0 aromatic rings. The largest absolute Gasteiger partial charge is 0.324 e. The lowest BCUT2D eigenvalue weighted by molar-refractivity contribution is 0.290. The summed E-state index contributed by atoms with van der Waals surface area (Å²) in [6.07, 6.45) is 0. The second kappa shape index (κ2) is 2.47. The van der Waals surface area contributed by atoms with Crippen LogP contribution in [0.3, 0.4) is 0 Å². The molecule has 2 atom stereocenters. The van der Waals surface area contributed by atoms with Crippen LogP contribution in [-0.2, 0) is 0 Å². The molecule has 0 spiro atoms.